The Morgan fingerprint density at radius 1 is 1.09 bits per heavy atom. The van der Waals surface area contributed by atoms with Crippen LogP contribution in [0.1, 0.15) is 36.2 Å². The third-order valence-electron chi connectivity index (χ3n) is 5.29. The Labute approximate surface area is 215 Å². The van der Waals surface area contributed by atoms with Gasteiger partial charge in [-0.25, -0.2) is 8.42 Å². The molecule has 0 unspecified atom stereocenters. The summed E-state index contributed by atoms with van der Waals surface area (Å²) in [5, 5.41) is 9.95. The van der Waals surface area contributed by atoms with Crippen LogP contribution in [-0.4, -0.2) is 32.1 Å². The van der Waals surface area contributed by atoms with E-state index in [1.165, 1.54) is 6.20 Å². The number of nitrogens with one attached hydrogen (secondary N) is 1. The normalized spacial score (nSPS) is 11.5. The van der Waals surface area contributed by atoms with Gasteiger partial charge in [-0.1, -0.05) is 37.6 Å². The lowest BCUT2D eigenvalue weighted by Gasteiger charge is -2.27. The number of benzene rings is 2. The topological polar surface area (TPSA) is 101 Å². The minimum Gasteiger partial charge on any atom is -0.489 e. The summed E-state index contributed by atoms with van der Waals surface area (Å²) in [6.45, 7) is 4.51. The summed E-state index contributed by atoms with van der Waals surface area (Å²) in [5.74, 6) is 1.26. The Balaban J connectivity index is 1.75. The van der Waals surface area contributed by atoms with Crippen LogP contribution < -0.4 is 14.2 Å². The van der Waals surface area contributed by atoms with Crippen molar-refractivity contribution in [2.75, 3.05) is 23.5 Å². The van der Waals surface area contributed by atoms with Crippen LogP contribution >= 0.6 is 23.2 Å². The summed E-state index contributed by atoms with van der Waals surface area (Å²) >= 11 is 12.1. The molecule has 2 aromatic carbocycles. The van der Waals surface area contributed by atoms with Crippen LogP contribution in [0.25, 0.3) is 0 Å². The fraction of sp³-hybridized carbons (Fsp3) is 0.280. The highest BCUT2D eigenvalue weighted by Gasteiger charge is 2.26. The molecule has 0 aliphatic carbocycles. The van der Waals surface area contributed by atoms with E-state index >= 15 is 0 Å². The Morgan fingerprint density at radius 2 is 1.80 bits per heavy atom. The molecule has 10 heteroatoms. The highest BCUT2D eigenvalue weighted by atomic mass is 35.5. The van der Waals surface area contributed by atoms with Crippen LogP contribution in [-0.2, 0) is 22.0 Å². The first-order valence-corrected chi connectivity index (χ1v) is 13.4. The minimum absolute atomic E-state index is 0.174. The van der Waals surface area contributed by atoms with Gasteiger partial charge in [-0.05, 0) is 47.5 Å². The molecule has 0 amide bonds. The number of sulfonamides is 1. The quantitative estimate of drug-likeness (QED) is 0.345. The summed E-state index contributed by atoms with van der Waals surface area (Å²) in [4.78, 5) is 4.21. The second-order valence-electron chi connectivity index (χ2n) is 8.33. The van der Waals surface area contributed by atoms with Crippen LogP contribution in [0, 0.1) is 11.3 Å². The third-order valence-corrected chi connectivity index (χ3v) is 6.33. The second kappa shape index (κ2) is 11.2. The summed E-state index contributed by atoms with van der Waals surface area (Å²) in [6, 6.07) is 16.5. The minimum atomic E-state index is -3.37. The SMILES string of the molecule is CC(C)(c1ccc(OCc2cc(NS(C)(=O)=O)ccn2)cc1)c1cc(Cl)c(OCCCl)c(C#N)c1. The van der Waals surface area contributed by atoms with Crippen LogP contribution in [0.3, 0.4) is 0 Å². The van der Waals surface area contributed by atoms with E-state index in [-0.39, 0.29) is 13.2 Å². The van der Waals surface area contributed by atoms with Crippen LogP contribution in [0.4, 0.5) is 5.69 Å². The Hall–Kier alpha value is -2.99. The molecule has 1 aromatic heterocycles. The lowest BCUT2D eigenvalue weighted by atomic mass is 9.77. The van der Waals surface area contributed by atoms with Gasteiger partial charge in [0.15, 0.2) is 5.75 Å². The lowest BCUT2D eigenvalue weighted by Crippen LogP contribution is -2.19. The average Bonchev–Trinajstić information content (AvgIpc) is 2.81. The number of alkyl halides is 1. The van der Waals surface area contributed by atoms with Gasteiger partial charge in [0.25, 0.3) is 0 Å². The standard InChI is InChI=1S/C25H25Cl2N3O4S/c1-25(2,19-12-17(15-28)24(23(27)13-19)33-11-9-26)18-4-6-22(7-5-18)34-16-21-14-20(8-10-29-21)30-35(3,31)32/h4-8,10,12-14H,9,11,16H2,1-3H3,(H,29,30). The Bertz CT molecular complexity index is 1340. The molecule has 184 valence electrons. The van der Waals surface area contributed by atoms with Crippen molar-refractivity contribution in [2.45, 2.75) is 25.9 Å². The van der Waals surface area contributed by atoms with E-state index in [0.717, 1.165) is 17.4 Å². The van der Waals surface area contributed by atoms with Crippen molar-refractivity contribution in [2.24, 2.45) is 0 Å². The van der Waals surface area contributed by atoms with Crippen LogP contribution in [0.2, 0.25) is 5.02 Å². The van der Waals surface area contributed by atoms with E-state index in [2.05, 4.69) is 15.8 Å². The molecule has 1 N–H and O–H groups in total. The molecule has 1 heterocycles. The van der Waals surface area contributed by atoms with Gasteiger partial charge in [0.05, 0.1) is 34.1 Å². The number of pyridine rings is 1. The van der Waals surface area contributed by atoms with E-state index in [1.807, 2.05) is 38.1 Å². The zero-order valence-corrected chi connectivity index (χ0v) is 21.8. The molecule has 3 rings (SSSR count). The number of ether oxygens (including phenoxy) is 2. The zero-order chi connectivity index (χ0) is 25.6. The van der Waals surface area contributed by atoms with E-state index in [9.17, 15) is 13.7 Å². The molecule has 35 heavy (non-hydrogen) atoms. The summed E-state index contributed by atoms with van der Waals surface area (Å²) in [6.07, 6.45) is 2.61. The van der Waals surface area contributed by atoms with Crippen LogP contribution in [0.15, 0.2) is 54.7 Å². The fourth-order valence-corrected chi connectivity index (χ4v) is 4.36. The number of halogens is 2. The van der Waals surface area contributed by atoms with Gasteiger partial charge in [0.1, 0.15) is 25.0 Å². The van der Waals surface area contributed by atoms with Crippen LogP contribution in [0.5, 0.6) is 11.5 Å². The molecule has 0 aliphatic heterocycles. The van der Waals surface area contributed by atoms with Crippen molar-refractivity contribution in [1.29, 1.82) is 5.26 Å². The molecule has 0 bridgehead atoms. The number of anilines is 1. The number of hydrogen-bond donors (Lipinski definition) is 1. The van der Waals surface area contributed by atoms with E-state index in [1.54, 1.807) is 24.3 Å². The Kier molecular flexibility index (Phi) is 8.49. The highest BCUT2D eigenvalue weighted by molar-refractivity contribution is 7.92. The van der Waals surface area contributed by atoms with Crippen molar-refractivity contribution in [3.8, 4) is 17.6 Å². The molecule has 3 aromatic rings. The van der Waals surface area contributed by atoms with E-state index < -0.39 is 15.4 Å². The van der Waals surface area contributed by atoms with Gasteiger partial charge in [-0.3, -0.25) is 9.71 Å². The number of rotatable bonds is 10. The average molecular weight is 534 g/mol. The first-order chi connectivity index (χ1) is 16.5. The summed E-state index contributed by atoms with van der Waals surface area (Å²) in [7, 11) is -3.37. The number of hydrogen-bond acceptors (Lipinski definition) is 6. The summed E-state index contributed by atoms with van der Waals surface area (Å²) in [5.41, 5.74) is 2.77. The monoisotopic (exact) mass is 533 g/mol. The molecule has 0 atom stereocenters. The number of aromatic nitrogens is 1. The van der Waals surface area contributed by atoms with Crippen molar-refractivity contribution < 1.29 is 17.9 Å². The predicted molar refractivity (Wildman–Crippen MR) is 138 cm³/mol. The molecule has 0 radical (unpaired) electrons. The van der Waals surface area contributed by atoms with Crippen molar-refractivity contribution in [3.05, 3.63) is 82.1 Å². The zero-order valence-electron chi connectivity index (χ0n) is 19.5. The predicted octanol–water partition coefficient (Wildman–Crippen LogP) is 5.50. The van der Waals surface area contributed by atoms with Gasteiger partial charge in [-0.2, -0.15) is 5.26 Å². The van der Waals surface area contributed by atoms with E-state index in [0.29, 0.717) is 39.3 Å². The molecule has 0 saturated heterocycles. The second-order valence-corrected chi connectivity index (χ2v) is 10.9. The third kappa shape index (κ3) is 7.01. The first kappa shape index (κ1) is 26.6. The molecule has 7 nitrogen and oxygen atoms in total. The smallest absolute Gasteiger partial charge is 0.229 e. The molecular weight excluding hydrogens is 509 g/mol. The van der Waals surface area contributed by atoms with Gasteiger partial charge in [0.2, 0.25) is 10.0 Å². The molecule has 0 saturated carbocycles. The lowest BCUT2D eigenvalue weighted by molar-refractivity contribution is 0.301. The fourth-order valence-electron chi connectivity index (χ4n) is 3.45. The Morgan fingerprint density at radius 3 is 2.43 bits per heavy atom. The molecule has 0 aliphatic rings. The maximum Gasteiger partial charge on any atom is 0.229 e. The maximum atomic E-state index is 11.4. The van der Waals surface area contributed by atoms with Crippen molar-refractivity contribution >= 4 is 38.9 Å². The van der Waals surface area contributed by atoms with Gasteiger partial charge >= 0.3 is 0 Å². The molecular formula is C25H25Cl2N3O4S. The number of nitrogens with zero attached hydrogens (tertiary/aromatic N) is 2. The van der Waals surface area contributed by atoms with Crippen molar-refractivity contribution in [1.82, 2.24) is 4.98 Å². The first-order valence-electron chi connectivity index (χ1n) is 10.6. The van der Waals surface area contributed by atoms with Gasteiger partial charge < -0.3 is 9.47 Å². The largest absolute Gasteiger partial charge is 0.489 e. The highest BCUT2D eigenvalue weighted by Crippen LogP contribution is 2.38. The molecule has 0 spiro atoms. The van der Waals surface area contributed by atoms with Gasteiger partial charge in [0, 0.05) is 11.6 Å². The summed E-state index contributed by atoms with van der Waals surface area (Å²) < 4.78 is 36.6. The molecule has 0 fully saturated rings. The van der Waals surface area contributed by atoms with Gasteiger partial charge in [-0.15, -0.1) is 11.6 Å². The maximum absolute atomic E-state index is 11.4. The number of nitriles is 1. The van der Waals surface area contributed by atoms with E-state index in [4.69, 9.17) is 32.7 Å². The van der Waals surface area contributed by atoms with Crippen molar-refractivity contribution in [3.63, 3.8) is 0 Å².